The largest absolute Gasteiger partial charge is 0.363 e. The highest BCUT2D eigenvalue weighted by Crippen LogP contribution is 2.35. The van der Waals surface area contributed by atoms with Crippen LogP contribution in [0.3, 0.4) is 0 Å². The smallest absolute Gasteiger partial charge is 0.284 e. The summed E-state index contributed by atoms with van der Waals surface area (Å²) in [6.07, 6.45) is 0. The molecule has 2 unspecified atom stereocenters. The third-order valence-electron chi connectivity index (χ3n) is 1.11. The Morgan fingerprint density at radius 1 is 1.27 bits per heavy atom. The first-order chi connectivity index (χ1) is 5.04. The molecular weight excluding hydrogens is 198 g/mol. The van der Waals surface area contributed by atoms with Crippen LogP contribution < -0.4 is 0 Å². The lowest BCUT2D eigenvalue weighted by atomic mass is 10.4. The van der Waals surface area contributed by atoms with Gasteiger partial charge in [-0.1, -0.05) is 0 Å². The SMILES string of the molecule is CC1(CCl)OOC(F)(CCl)O1. The third kappa shape index (κ3) is 1.95. The molecule has 0 N–H and O–H groups in total. The Labute approximate surface area is 73.2 Å². The van der Waals surface area contributed by atoms with Gasteiger partial charge in [0.25, 0.3) is 0 Å². The Morgan fingerprint density at radius 2 is 1.91 bits per heavy atom. The molecule has 66 valence electrons. The van der Waals surface area contributed by atoms with Crippen molar-refractivity contribution in [3.63, 3.8) is 0 Å². The maximum Gasteiger partial charge on any atom is 0.363 e. The van der Waals surface area contributed by atoms with Crippen LogP contribution in [0.4, 0.5) is 4.39 Å². The lowest BCUT2D eigenvalue weighted by Gasteiger charge is -2.16. The Hall–Kier alpha value is 0.390. The van der Waals surface area contributed by atoms with Crippen LogP contribution in [0.15, 0.2) is 0 Å². The summed E-state index contributed by atoms with van der Waals surface area (Å²) in [5.41, 5.74) is 0. The van der Waals surface area contributed by atoms with E-state index in [1.165, 1.54) is 6.92 Å². The van der Waals surface area contributed by atoms with Gasteiger partial charge in [0.05, 0.1) is 5.88 Å². The third-order valence-corrected chi connectivity index (χ3v) is 1.92. The van der Waals surface area contributed by atoms with Crippen molar-refractivity contribution >= 4 is 23.2 Å². The zero-order valence-electron chi connectivity index (χ0n) is 5.77. The minimum atomic E-state index is -2.37. The van der Waals surface area contributed by atoms with Crippen LogP contribution in [0.25, 0.3) is 0 Å². The summed E-state index contributed by atoms with van der Waals surface area (Å²) in [7, 11) is 0. The summed E-state index contributed by atoms with van der Waals surface area (Å²) in [6.45, 7) is 1.45. The van der Waals surface area contributed by atoms with Crippen molar-refractivity contribution in [2.45, 2.75) is 18.8 Å². The molecule has 1 saturated heterocycles. The van der Waals surface area contributed by atoms with Gasteiger partial charge < -0.3 is 0 Å². The summed E-state index contributed by atoms with van der Waals surface area (Å²) in [4.78, 5) is 8.67. The molecule has 1 aliphatic heterocycles. The van der Waals surface area contributed by atoms with Crippen molar-refractivity contribution in [1.29, 1.82) is 0 Å². The van der Waals surface area contributed by atoms with Crippen LogP contribution in [-0.2, 0) is 14.5 Å². The van der Waals surface area contributed by atoms with E-state index < -0.39 is 17.7 Å². The van der Waals surface area contributed by atoms with Gasteiger partial charge in [-0.15, -0.1) is 23.2 Å². The first-order valence-electron chi connectivity index (χ1n) is 2.91. The predicted octanol–water partition coefficient (Wildman–Crippen LogP) is 1.78. The fraction of sp³-hybridized carbons (Fsp3) is 1.00. The minimum absolute atomic E-state index is 0.0322. The zero-order valence-corrected chi connectivity index (χ0v) is 7.28. The van der Waals surface area contributed by atoms with Gasteiger partial charge in [-0.25, -0.2) is 0 Å². The molecule has 1 heterocycles. The van der Waals surface area contributed by atoms with Gasteiger partial charge in [-0.05, 0) is 6.92 Å². The second-order valence-corrected chi connectivity index (χ2v) is 2.86. The number of ether oxygens (including phenoxy) is 1. The highest BCUT2D eigenvalue weighted by Gasteiger charge is 2.50. The maximum atomic E-state index is 13.0. The molecule has 11 heavy (non-hydrogen) atoms. The fourth-order valence-corrected chi connectivity index (χ4v) is 0.804. The van der Waals surface area contributed by atoms with E-state index in [1.807, 2.05) is 0 Å². The van der Waals surface area contributed by atoms with E-state index >= 15 is 0 Å². The fourth-order valence-electron chi connectivity index (χ4n) is 0.606. The molecule has 0 saturated carbocycles. The van der Waals surface area contributed by atoms with Crippen molar-refractivity contribution in [3.05, 3.63) is 0 Å². The molecule has 0 aromatic heterocycles. The van der Waals surface area contributed by atoms with Gasteiger partial charge in [0, 0.05) is 0 Å². The van der Waals surface area contributed by atoms with Gasteiger partial charge in [0.2, 0.25) is 5.79 Å². The van der Waals surface area contributed by atoms with Crippen molar-refractivity contribution in [2.75, 3.05) is 11.8 Å². The summed E-state index contributed by atoms with van der Waals surface area (Å²) in [5.74, 6) is -1.74. The summed E-state index contributed by atoms with van der Waals surface area (Å²) < 4.78 is 17.6. The Bertz CT molecular complexity index is 143. The van der Waals surface area contributed by atoms with E-state index in [0.29, 0.717) is 0 Å². The molecule has 0 aromatic carbocycles. The van der Waals surface area contributed by atoms with E-state index in [9.17, 15) is 4.39 Å². The average Bonchev–Trinajstić information content (AvgIpc) is 2.30. The van der Waals surface area contributed by atoms with Crippen LogP contribution in [0, 0.1) is 0 Å². The van der Waals surface area contributed by atoms with Crippen LogP contribution >= 0.6 is 23.2 Å². The van der Waals surface area contributed by atoms with Crippen molar-refractivity contribution < 1.29 is 18.9 Å². The number of hydrogen-bond acceptors (Lipinski definition) is 3. The molecule has 1 fully saturated rings. The molecule has 3 nitrogen and oxygen atoms in total. The predicted molar refractivity (Wildman–Crippen MR) is 36.9 cm³/mol. The second kappa shape index (κ2) is 3.03. The molecule has 0 aromatic rings. The highest BCUT2D eigenvalue weighted by molar-refractivity contribution is 6.18. The lowest BCUT2D eigenvalue weighted by Crippen LogP contribution is -2.33. The standard InChI is InChI=1S/C5H7Cl2FO3/c1-4(2-6)9-5(8,3-7)11-10-4/h2-3H2,1H3. The molecular formula is C5H7Cl2FO3. The average molecular weight is 205 g/mol. The van der Waals surface area contributed by atoms with Crippen LogP contribution in [0.1, 0.15) is 6.92 Å². The number of alkyl halides is 3. The van der Waals surface area contributed by atoms with E-state index in [4.69, 9.17) is 23.2 Å². The Balaban J connectivity index is 2.58. The molecule has 0 radical (unpaired) electrons. The normalized spacial score (nSPS) is 44.7. The monoisotopic (exact) mass is 204 g/mol. The Morgan fingerprint density at radius 3 is 2.18 bits per heavy atom. The zero-order chi connectivity index (χ0) is 8.54. The summed E-state index contributed by atoms with van der Waals surface area (Å²) in [5, 5.41) is 0. The van der Waals surface area contributed by atoms with Crippen LogP contribution in [0.2, 0.25) is 0 Å². The molecule has 0 amide bonds. The quantitative estimate of drug-likeness (QED) is 0.508. The van der Waals surface area contributed by atoms with Gasteiger partial charge in [-0.2, -0.15) is 14.2 Å². The first-order valence-corrected chi connectivity index (χ1v) is 3.98. The Kier molecular flexibility index (Phi) is 2.61. The van der Waals surface area contributed by atoms with E-state index in [1.54, 1.807) is 0 Å². The molecule has 2 atom stereocenters. The highest BCUT2D eigenvalue weighted by atomic mass is 35.5. The molecule has 0 bridgehead atoms. The molecule has 1 aliphatic rings. The summed E-state index contributed by atoms with van der Waals surface area (Å²) in [6, 6.07) is -2.37. The molecule has 0 spiro atoms. The number of halogens is 3. The number of rotatable bonds is 2. The van der Waals surface area contributed by atoms with E-state index in [0.717, 1.165) is 0 Å². The minimum Gasteiger partial charge on any atom is -0.284 e. The molecule has 0 aliphatic carbocycles. The lowest BCUT2D eigenvalue weighted by molar-refractivity contribution is -0.370. The first kappa shape index (κ1) is 9.48. The van der Waals surface area contributed by atoms with Gasteiger partial charge in [0.1, 0.15) is 5.88 Å². The maximum absolute atomic E-state index is 13.0. The van der Waals surface area contributed by atoms with Gasteiger partial charge in [0.15, 0.2) is 0 Å². The van der Waals surface area contributed by atoms with Crippen molar-refractivity contribution in [2.24, 2.45) is 0 Å². The summed E-state index contributed by atoms with van der Waals surface area (Å²) >= 11 is 10.6. The van der Waals surface area contributed by atoms with E-state index in [-0.39, 0.29) is 5.88 Å². The number of hydrogen-bond donors (Lipinski definition) is 0. The van der Waals surface area contributed by atoms with E-state index in [2.05, 4.69) is 14.5 Å². The van der Waals surface area contributed by atoms with Gasteiger partial charge in [-0.3, -0.25) is 4.74 Å². The van der Waals surface area contributed by atoms with Crippen molar-refractivity contribution in [1.82, 2.24) is 0 Å². The van der Waals surface area contributed by atoms with Crippen molar-refractivity contribution in [3.8, 4) is 0 Å². The van der Waals surface area contributed by atoms with Gasteiger partial charge >= 0.3 is 6.04 Å². The van der Waals surface area contributed by atoms with Crippen LogP contribution in [-0.4, -0.2) is 23.6 Å². The van der Waals surface area contributed by atoms with Crippen LogP contribution in [0.5, 0.6) is 0 Å². The molecule has 6 heteroatoms. The second-order valence-electron chi connectivity index (χ2n) is 2.33. The molecule has 1 rings (SSSR count). The topological polar surface area (TPSA) is 27.7 Å².